The van der Waals surface area contributed by atoms with E-state index in [4.69, 9.17) is 0 Å². The summed E-state index contributed by atoms with van der Waals surface area (Å²) in [6.45, 7) is 9.68. The van der Waals surface area contributed by atoms with Crippen molar-refractivity contribution in [1.82, 2.24) is 0 Å². The van der Waals surface area contributed by atoms with Crippen molar-refractivity contribution in [3.05, 3.63) is 222 Å². The van der Waals surface area contributed by atoms with Crippen molar-refractivity contribution in [3.63, 3.8) is 0 Å². The number of anilines is 3. The maximum atomic E-state index is 2.58. The smallest absolute Gasteiger partial charge is 0.0624 e. The molecule has 0 atom stereocenters. The summed E-state index contributed by atoms with van der Waals surface area (Å²) < 4.78 is 2.66. The van der Waals surface area contributed by atoms with E-state index in [1.165, 1.54) is 104 Å². The van der Waals surface area contributed by atoms with Crippen LogP contribution < -0.4 is 4.90 Å². The van der Waals surface area contributed by atoms with Gasteiger partial charge < -0.3 is 4.90 Å². The highest BCUT2D eigenvalue weighted by Gasteiger charge is 2.45. The largest absolute Gasteiger partial charge is 0.309 e. The van der Waals surface area contributed by atoms with Gasteiger partial charge in [-0.3, -0.25) is 0 Å². The van der Waals surface area contributed by atoms with Crippen LogP contribution in [0.5, 0.6) is 0 Å². The third kappa shape index (κ3) is 5.46. The van der Waals surface area contributed by atoms with E-state index in [-0.39, 0.29) is 10.8 Å². The van der Waals surface area contributed by atoms with Crippen LogP contribution in [0.1, 0.15) is 49.9 Å². The Kier molecular flexibility index (Phi) is 8.17. The number of rotatable bonds is 6. The topological polar surface area (TPSA) is 3.24 Å². The third-order valence-corrected chi connectivity index (χ3v) is 15.1. The molecule has 296 valence electrons. The standard InChI is InChI=1S/C60H45NS/c1-59(2)50-24-13-11-21-48(50)55-52(59)37-53-56(49-36-42(39-18-9-6-10-19-39)30-35-51(49)60(53,3)4)57(55)61(43-31-26-40(27-32-43)38-16-7-5-8-17-38)44-33-28-41(29-34-44)45-22-15-23-47-46-20-12-14-25-54(46)62-58(45)47/h5-37H,1-4H3. The maximum absolute atomic E-state index is 2.58. The fourth-order valence-corrected chi connectivity index (χ4v) is 11.9. The van der Waals surface area contributed by atoms with E-state index in [0.717, 1.165) is 11.4 Å². The molecule has 0 saturated heterocycles. The summed E-state index contributed by atoms with van der Waals surface area (Å²) in [5.74, 6) is 0. The summed E-state index contributed by atoms with van der Waals surface area (Å²) in [7, 11) is 0. The molecule has 0 fully saturated rings. The van der Waals surface area contributed by atoms with E-state index in [1.807, 2.05) is 11.3 Å². The molecule has 0 radical (unpaired) electrons. The molecular formula is C60H45NS. The summed E-state index contributed by atoms with van der Waals surface area (Å²) in [5.41, 5.74) is 21.3. The second-order valence-electron chi connectivity index (χ2n) is 18.1. The van der Waals surface area contributed by atoms with Gasteiger partial charge in [-0.15, -0.1) is 11.3 Å². The van der Waals surface area contributed by atoms with Crippen molar-refractivity contribution in [2.24, 2.45) is 0 Å². The SMILES string of the molecule is CC1(C)c2ccccc2-c2c1cc1c(c2N(c2ccc(-c3ccccc3)cc2)c2ccc(-c3cccc4c3sc3ccccc34)cc2)-c2cc(-c3ccccc3)ccc2C1(C)C. The number of hydrogen-bond donors (Lipinski definition) is 0. The van der Waals surface area contributed by atoms with E-state index in [0.29, 0.717) is 0 Å². The van der Waals surface area contributed by atoms with Crippen molar-refractivity contribution >= 4 is 48.6 Å². The van der Waals surface area contributed by atoms with Gasteiger partial charge in [0.05, 0.1) is 5.69 Å². The lowest BCUT2D eigenvalue weighted by Gasteiger charge is -2.33. The molecule has 9 aromatic carbocycles. The molecule has 2 aliphatic rings. The normalized spacial score (nSPS) is 14.1. The molecule has 2 heteroatoms. The van der Waals surface area contributed by atoms with Gasteiger partial charge in [-0.25, -0.2) is 0 Å². The number of fused-ring (bicyclic) bond motifs is 9. The van der Waals surface area contributed by atoms with Crippen LogP contribution in [0.25, 0.3) is 75.8 Å². The molecule has 1 aromatic heterocycles. The first-order valence-corrected chi connectivity index (χ1v) is 22.6. The lowest BCUT2D eigenvalue weighted by molar-refractivity contribution is 0.639. The second-order valence-corrected chi connectivity index (χ2v) is 19.1. The Labute approximate surface area is 368 Å². The highest BCUT2D eigenvalue weighted by molar-refractivity contribution is 7.26. The zero-order valence-corrected chi connectivity index (χ0v) is 36.2. The van der Waals surface area contributed by atoms with Crippen LogP contribution in [0, 0.1) is 0 Å². The lowest BCUT2D eigenvalue weighted by atomic mass is 9.77. The molecule has 10 aromatic rings. The van der Waals surface area contributed by atoms with Crippen molar-refractivity contribution in [1.29, 1.82) is 0 Å². The Morgan fingerprint density at radius 3 is 1.55 bits per heavy atom. The fourth-order valence-electron chi connectivity index (χ4n) is 10.7. The van der Waals surface area contributed by atoms with Gasteiger partial charge in [0.2, 0.25) is 0 Å². The van der Waals surface area contributed by atoms with E-state index < -0.39 is 0 Å². The molecule has 0 amide bonds. The van der Waals surface area contributed by atoms with Gasteiger partial charge in [0.15, 0.2) is 0 Å². The highest BCUT2D eigenvalue weighted by atomic mass is 32.1. The number of benzene rings is 9. The average molecular weight is 812 g/mol. The van der Waals surface area contributed by atoms with Crippen molar-refractivity contribution in [2.75, 3.05) is 4.90 Å². The Morgan fingerprint density at radius 2 is 0.855 bits per heavy atom. The van der Waals surface area contributed by atoms with Crippen molar-refractivity contribution < 1.29 is 0 Å². The third-order valence-electron chi connectivity index (χ3n) is 13.9. The molecule has 0 unspecified atom stereocenters. The molecule has 0 aliphatic heterocycles. The summed E-state index contributed by atoms with van der Waals surface area (Å²) in [4.78, 5) is 2.58. The Hall–Kier alpha value is -7.00. The molecule has 2 aliphatic carbocycles. The van der Waals surface area contributed by atoms with Crippen LogP contribution in [0.2, 0.25) is 0 Å². The van der Waals surface area contributed by atoms with Gasteiger partial charge >= 0.3 is 0 Å². The summed E-state index contributed by atoms with van der Waals surface area (Å²) in [5, 5.41) is 2.64. The maximum Gasteiger partial charge on any atom is 0.0624 e. The molecular weight excluding hydrogens is 767 g/mol. The molecule has 0 bridgehead atoms. The lowest BCUT2D eigenvalue weighted by Crippen LogP contribution is -2.20. The van der Waals surface area contributed by atoms with Gasteiger partial charge in [0.1, 0.15) is 0 Å². The van der Waals surface area contributed by atoms with Gasteiger partial charge in [-0.2, -0.15) is 0 Å². The zero-order chi connectivity index (χ0) is 41.7. The fraction of sp³-hybridized carbons (Fsp3) is 0.100. The molecule has 0 saturated carbocycles. The van der Waals surface area contributed by atoms with Gasteiger partial charge in [-0.1, -0.05) is 191 Å². The summed E-state index contributed by atoms with van der Waals surface area (Å²) in [6, 6.07) is 74.6. The van der Waals surface area contributed by atoms with Crippen LogP contribution in [-0.2, 0) is 10.8 Å². The Balaban J connectivity index is 1.14. The van der Waals surface area contributed by atoms with E-state index >= 15 is 0 Å². The van der Waals surface area contributed by atoms with Gasteiger partial charge in [0.25, 0.3) is 0 Å². The van der Waals surface area contributed by atoms with Crippen molar-refractivity contribution in [2.45, 2.75) is 38.5 Å². The van der Waals surface area contributed by atoms with Gasteiger partial charge in [-0.05, 0) is 103 Å². The average Bonchev–Trinajstić information content (AvgIpc) is 3.89. The first-order valence-electron chi connectivity index (χ1n) is 21.8. The van der Waals surface area contributed by atoms with Crippen LogP contribution in [0.3, 0.4) is 0 Å². The van der Waals surface area contributed by atoms with Crippen LogP contribution in [-0.4, -0.2) is 0 Å². The molecule has 1 heterocycles. The molecule has 62 heavy (non-hydrogen) atoms. The zero-order valence-electron chi connectivity index (χ0n) is 35.4. The van der Waals surface area contributed by atoms with Gasteiger partial charge in [0, 0.05) is 53.5 Å². The van der Waals surface area contributed by atoms with Crippen LogP contribution >= 0.6 is 11.3 Å². The van der Waals surface area contributed by atoms with Crippen molar-refractivity contribution in [3.8, 4) is 55.6 Å². The number of nitrogens with zero attached hydrogens (tertiary/aromatic N) is 1. The van der Waals surface area contributed by atoms with E-state index in [9.17, 15) is 0 Å². The van der Waals surface area contributed by atoms with E-state index in [1.54, 1.807) is 0 Å². The minimum Gasteiger partial charge on any atom is -0.309 e. The highest BCUT2D eigenvalue weighted by Crippen LogP contribution is 2.63. The number of thiophene rings is 1. The Morgan fingerprint density at radius 1 is 0.355 bits per heavy atom. The molecule has 12 rings (SSSR count). The Bertz CT molecular complexity index is 3370. The van der Waals surface area contributed by atoms with Crippen LogP contribution in [0.15, 0.2) is 200 Å². The number of hydrogen-bond acceptors (Lipinski definition) is 2. The van der Waals surface area contributed by atoms with Crippen LogP contribution in [0.4, 0.5) is 17.1 Å². The minimum atomic E-state index is -0.218. The summed E-state index contributed by atoms with van der Waals surface area (Å²) in [6.07, 6.45) is 0. The summed E-state index contributed by atoms with van der Waals surface area (Å²) >= 11 is 1.89. The molecule has 0 N–H and O–H groups in total. The minimum absolute atomic E-state index is 0.189. The quantitative estimate of drug-likeness (QED) is 0.162. The monoisotopic (exact) mass is 811 g/mol. The van der Waals surface area contributed by atoms with E-state index in [2.05, 4.69) is 233 Å². The first-order chi connectivity index (χ1) is 30.3. The predicted octanol–water partition coefficient (Wildman–Crippen LogP) is 17.1. The predicted molar refractivity (Wildman–Crippen MR) is 265 cm³/mol. The first kappa shape index (κ1) is 36.8. The second kappa shape index (κ2) is 13.8. The molecule has 1 nitrogen and oxygen atoms in total. The molecule has 0 spiro atoms.